The van der Waals surface area contributed by atoms with Crippen molar-refractivity contribution in [1.29, 1.82) is 0 Å². The Morgan fingerprint density at radius 2 is 1.83 bits per heavy atom. The maximum absolute atomic E-state index is 12.3. The van der Waals surface area contributed by atoms with Crippen LogP contribution in [0.2, 0.25) is 0 Å². The molecule has 3 rings (SSSR count). The van der Waals surface area contributed by atoms with Crippen LogP contribution in [0.3, 0.4) is 0 Å². The number of hydrogen-bond donors (Lipinski definition) is 2. The number of carbonyl (C=O) groups is 1. The summed E-state index contributed by atoms with van der Waals surface area (Å²) in [5.74, 6) is 0.993. The van der Waals surface area contributed by atoms with E-state index in [1.807, 2.05) is 32.0 Å². The Morgan fingerprint density at radius 3 is 2.50 bits per heavy atom. The third-order valence-electron chi connectivity index (χ3n) is 4.15. The summed E-state index contributed by atoms with van der Waals surface area (Å²) in [7, 11) is 1.53. The van der Waals surface area contributed by atoms with E-state index >= 15 is 0 Å². The number of aromatic hydroxyl groups is 1. The number of nitrogens with one attached hydrogen (secondary N) is 1. The van der Waals surface area contributed by atoms with E-state index in [4.69, 9.17) is 4.74 Å². The molecule has 0 spiro atoms. The van der Waals surface area contributed by atoms with Gasteiger partial charge in [-0.3, -0.25) is 4.79 Å². The van der Waals surface area contributed by atoms with Gasteiger partial charge < -0.3 is 9.84 Å². The van der Waals surface area contributed by atoms with Crippen molar-refractivity contribution in [2.45, 2.75) is 24.8 Å². The predicted molar refractivity (Wildman–Crippen MR) is 117 cm³/mol. The van der Waals surface area contributed by atoms with Crippen molar-refractivity contribution < 1.29 is 14.6 Å². The average molecular weight is 423 g/mol. The third kappa shape index (κ3) is 5.81. The number of aryl methyl sites for hydroxylation is 2. The van der Waals surface area contributed by atoms with E-state index in [9.17, 15) is 9.90 Å². The molecule has 1 amide bonds. The molecule has 0 aliphatic carbocycles. The fourth-order valence-corrected chi connectivity index (χ4v) is 3.55. The zero-order valence-electron chi connectivity index (χ0n) is 16.9. The molecule has 8 heteroatoms. The minimum atomic E-state index is -0.342. The number of benzene rings is 2. The standard InChI is InChI=1S/C22H22N4O3S/c1-14-10-15(2)25-22(24-14)30-13-16-4-6-17(7-5-16)21(28)26-23-12-18-11-19(29-3)8-9-20(18)27/h4-12,27H,13H2,1-3H3,(H,26,28)/b23-12+. The lowest BCUT2D eigenvalue weighted by Gasteiger charge is -2.05. The van der Waals surface area contributed by atoms with Crippen molar-refractivity contribution in [2.24, 2.45) is 5.10 Å². The zero-order chi connectivity index (χ0) is 21.5. The van der Waals surface area contributed by atoms with Crippen LogP contribution in [-0.4, -0.2) is 34.3 Å². The predicted octanol–water partition coefficient (Wildman–Crippen LogP) is 3.86. The number of methoxy groups -OCH3 is 1. The van der Waals surface area contributed by atoms with E-state index in [1.54, 1.807) is 36.0 Å². The van der Waals surface area contributed by atoms with Crippen LogP contribution in [0.4, 0.5) is 0 Å². The second kappa shape index (κ2) is 9.89. The molecule has 0 fully saturated rings. The molecule has 1 aromatic heterocycles. The van der Waals surface area contributed by atoms with Gasteiger partial charge in [-0.15, -0.1) is 0 Å². The van der Waals surface area contributed by atoms with E-state index in [0.717, 1.165) is 22.1 Å². The van der Waals surface area contributed by atoms with Gasteiger partial charge in [0.1, 0.15) is 11.5 Å². The van der Waals surface area contributed by atoms with Crippen LogP contribution < -0.4 is 10.2 Å². The minimum Gasteiger partial charge on any atom is -0.507 e. The van der Waals surface area contributed by atoms with Crippen LogP contribution in [0.1, 0.15) is 32.9 Å². The molecule has 0 saturated carbocycles. The van der Waals surface area contributed by atoms with Crippen molar-refractivity contribution >= 4 is 23.9 Å². The van der Waals surface area contributed by atoms with Gasteiger partial charge in [0.15, 0.2) is 5.16 Å². The first kappa shape index (κ1) is 21.3. The van der Waals surface area contributed by atoms with Gasteiger partial charge in [0, 0.05) is 28.3 Å². The molecule has 0 unspecified atom stereocenters. The van der Waals surface area contributed by atoms with Crippen molar-refractivity contribution in [2.75, 3.05) is 7.11 Å². The summed E-state index contributed by atoms with van der Waals surface area (Å²) in [6, 6.07) is 14.0. The molecule has 1 heterocycles. The number of ether oxygens (including phenoxy) is 1. The molecule has 2 N–H and O–H groups in total. The molecule has 3 aromatic rings. The Morgan fingerprint density at radius 1 is 1.13 bits per heavy atom. The maximum atomic E-state index is 12.3. The molecule has 0 bridgehead atoms. The fourth-order valence-electron chi connectivity index (χ4n) is 2.65. The highest BCUT2D eigenvalue weighted by atomic mass is 32.2. The molecular weight excluding hydrogens is 400 g/mol. The maximum Gasteiger partial charge on any atom is 0.271 e. The Labute approximate surface area is 179 Å². The summed E-state index contributed by atoms with van der Waals surface area (Å²) in [6.45, 7) is 3.90. The first-order valence-corrected chi connectivity index (χ1v) is 10.2. The lowest BCUT2D eigenvalue weighted by molar-refractivity contribution is 0.0955. The number of phenols is 1. The number of hydrogen-bond acceptors (Lipinski definition) is 7. The van der Waals surface area contributed by atoms with Crippen molar-refractivity contribution in [3.63, 3.8) is 0 Å². The van der Waals surface area contributed by atoms with Crippen molar-refractivity contribution in [3.05, 3.63) is 76.6 Å². The molecule has 0 aliphatic heterocycles. The van der Waals surface area contributed by atoms with Crippen LogP contribution >= 0.6 is 11.8 Å². The fraction of sp³-hybridized carbons (Fsp3) is 0.182. The topological polar surface area (TPSA) is 96.7 Å². The Hall–Kier alpha value is -3.39. The number of aromatic nitrogens is 2. The zero-order valence-corrected chi connectivity index (χ0v) is 17.7. The summed E-state index contributed by atoms with van der Waals surface area (Å²) in [6.07, 6.45) is 1.37. The molecule has 154 valence electrons. The van der Waals surface area contributed by atoms with Gasteiger partial charge in [0.2, 0.25) is 0 Å². The van der Waals surface area contributed by atoms with Gasteiger partial charge in [0.05, 0.1) is 13.3 Å². The van der Waals surface area contributed by atoms with Crippen molar-refractivity contribution in [3.8, 4) is 11.5 Å². The number of nitrogens with zero attached hydrogens (tertiary/aromatic N) is 3. The highest BCUT2D eigenvalue weighted by Crippen LogP contribution is 2.21. The molecule has 30 heavy (non-hydrogen) atoms. The Kier molecular flexibility index (Phi) is 7.03. The van der Waals surface area contributed by atoms with E-state index in [2.05, 4.69) is 20.5 Å². The molecule has 0 atom stereocenters. The number of carbonyl (C=O) groups excluding carboxylic acids is 1. The van der Waals surface area contributed by atoms with Gasteiger partial charge in [-0.2, -0.15) is 5.10 Å². The third-order valence-corrected chi connectivity index (χ3v) is 5.07. The quantitative estimate of drug-likeness (QED) is 0.260. The highest BCUT2D eigenvalue weighted by molar-refractivity contribution is 7.98. The summed E-state index contributed by atoms with van der Waals surface area (Å²) in [5, 5.41) is 14.5. The second-order valence-corrected chi connectivity index (χ2v) is 7.49. The number of hydrazone groups is 1. The van der Waals surface area contributed by atoms with Crippen LogP contribution in [0.25, 0.3) is 0 Å². The van der Waals surface area contributed by atoms with E-state index in [0.29, 0.717) is 22.6 Å². The number of thioether (sulfide) groups is 1. The first-order chi connectivity index (χ1) is 14.4. The molecule has 0 saturated heterocycles. The minimum absolute atomic E-state index is 0.0448. The van der Waals surface area contributed by atoms with Crippen LogP contribution in [0.5, 0.6) is 11.5 Å². The van der Waals surface area contributed by atoms with Crippen molar-refractivity contribution in [1.82, 2.24) is 15.4 Å². The van der Waals surface area contributed by atoms with E-state index < -0.39 is 0 Å². The van der Waals surface area contributed by atoms with Crippen LogP contribution in [0, 0.1) is 13.8 Å². The molecule has 2 aromatic carbocycles. The van der Waals surface area contributed by atoms with Crippen LogP contribution in [-0.2, 0) is 5.75 Å². The number of phenolic OH excluding ortho intramolecular Hbond substituents is 1. The largest absolute Gasteiger partial charge is 0.507 e. The summed E-state index contributed by atoms with van der Waals surface area (Å²) in [4.78, 5) is 21.1. The molecular formula is C22H22N4O3S. The smallest absolute Gasteiger partial charge is 0.271 e. The SMILES string of the molecule is COc1ccc(O)c(/C=N/NC(=O)c2ccc(CSc3nc(C)cc(C)n3)cc2)c1. The second-order valence-electron chi connectivity index (χ2n) is 6.54. The van der Waals surface area contributed by atoms with Gasteiger partial charge >= 0.3 is 0 Å². The molecule has 0 radical (unpaired) electrons. The lowest BCUT2D eigenvalue weighted by atomic mass is 10.1. The number of rotatable bonds is 7. The average Bonchev–Trinajstić information content (AvgIpc) is 2.73. The van der Waals surface area contributed by atoms with Gasteiger partial charge in [-0.05, 0) is 55.8 Å². The van der Waals surface area contributed by atoms with Crippen LogP contribution in [0.15, 0.2) is 58.8 Å². The summed E-state index contributed by atoms with van der Waals surface area (Å²) in [5.41, 5.74) is 6.33. The lowest BCUT2D eigenvalue weighted by Crippen LogP contribution is -2.17. The molecule has 0 aliphatic rings. The Balaban J connectivity index is 1.57. The first-order valence-electron chi connectivity index (χ1n) is 9.19. The van der Waals surface area contributed by atoms with Gasteiger partial charge in [-0.1, -0.05) is 23.9 Å². The normalized spacial score (nSPS) is 10.9. The van der Waals surface area contributed by atoms with Gasteiger partial charge in [0.25, 0.3) is 5.91 Å². The van der Waals surface area contributed by atoms with E-state index in [1.165, 1.54) is 19.4 Å². The highest BCUT2D eigenvalue weighted by Gasteiger charge is 2.06. The number of amides is 1. The van der Waals surface area contributed by atoms with E-state index in [-0.39, 0.29) is 11.7 Å². The summed E-state index contributed by atoms with van der Waals surface area (Å²) >= 11 is 1.55. The monoisotopic (exact) mass is 422 g/mol. The van der Waals surface area contributed by atoms with Gasteiger partial charge in [-0.25, -0.2) is 15.4 Å². The summed E-state index contributed by atoms with van der Waals surface area (Å²) < 4.78 is 5.11. The Bertz CT molecular complexity index is 1050. The molecule has 7 nitrogen and oxygen atoms in total.